The lowest BCUT2D eigenvalue weighted by atomic mass is 10.1. The fourth-order valence-electron chi connectivity index (χ4n) is 2.64. The third kappa shape index (κ3) is 2.85. The quantitative estimate of drug-likeness (QED) is 0.794. The van der Waals surface area contributed by atoms with Crippen molar-refractivity contribution in [1.82, 2.24) is 14.9 Å². The summed E-state index contributed by atoms with van der Waals surface area (Å²) in [4.78, 5) is 9.81. The van der Waals surface area contributed by atoms with Crippen molar-refractivity contribution in [2.45, 2.75) is 33.9 Å². The van der Waals surface area contributed by atoms with Gasteiger partial charge in [0, 0.05) is 17.3 Å². The first-order chi connectivity index (χ1) is 10.0. The van der Waals surface area contributed by atoms with E-state index in [4.69, 9.17) is 4.42 Å². The van der Waals surface area contributed by atoms with Crippen LogP contribution in [0.15, 0.2) is 28.8 Å². The van der Waals surface area contributed by atoms with Crippen LogP contribution >= 0.6 is 0 Å². The molecule has 0 amide bonds. The Labute approximate surface area is 124 Å². The average molecular weight is 283 g/mol. The summed E-state index contributed by atoms with van der Waals surface area (Å²) in [6.45, 7) is 7.81. The fourth-order valence-corrected chi connectivity index (χ4v) is 2.64. The first-order valence-corrected chi connectivity index (χ1v) is 7.20. The van der Waals surface area contributed by atoms with Gasteiger partial charge in [0.2, 0.25) is 0 Å². The highest BCUT2D eigenvalue weighted by Gasteiger charge is 2.13. The molecule has 110 valence electrons. The molecule has 1 aromatic carbocycles. The van der Waals surface area contributed by atoms with Gasteiger partial charge in [-0.3, -0.25) is 4.90 Å². The smallest absolute Gasteiger partial charge is 0.134 e. The Morgan fingerprint density at radius 3 is 2.71 bits per heavy atom. The summed E-state index contributed by atoms with van der Waals surface area (Å²) in [5.41, 5.74) is 4.55. The lowest BCUT2D eigenvalue weighted by molar-refractivity contribution is 0.284. The minimum absolute atomic E-state index is 0.777. The van der Waals surface area contributed by atoms with E-state index >= 15 is 0 Å². The molecular formula is C17H21N3O. The Hall–Kier alpha value is -2.07. The van der Waals surface area contributed by atoms with Crippen molar-refractivity contribution < 1.29 is 4.42 Å². The minimum atomic E-state index is 0.777. The molecule has 0 saturated heterocycles. The number of hydrogen-bond donors (Lipinski definition) is 1. The van der Waals surface area contributed by atoms with Crippen LogP contribution in [-0.4, -0.2) is 21.9 Å². The minimum Gasteiger partial charge on any atom is -0.459 e. The molecule has 2 heterocycles. The number of imidazole rings is 1. The van der Waals surface area contributed by atoms with Crippen LogP contribution in [0.3, 0.4) is 0 Å². The molecular weight excluding hydrogens is 262 g/mol. The lowest BCUT2D eigenvalue weighted by Gasteiger charge is -2.13. The molecule has 21 heavy (non-hydrogen) atoms. The van der Waals surface area contributed by atoms with Gasteiger partial charge >= 0.3 is 0 Å². The molecule has 4 heteroatoms. The lowest BCUT2D eigenvalue weighted by Crippen LogP contribution is -2.18. The molecule has 0 aliphatic heterocycles. The Kier molecular flexibility index (Phi) is 3.55. The summed E-state index contributed by atoms with van der Waals surface area (Å²) >= 11 is 0. The maximum Gasteiger partial charge on any atom is 0.134 e. The van der Waals surface area contributed by atoms with Crippen LogP contribution in [0, 0.1) is 20.8 Å². The van der Waals surface area contributed by atoms with Crippen LogP contribution in [0.4, 0.5) is 0 Å². The van der Waals surface area contributed by atoms with Crippen molar-refractivity contribution in [2.75, 3.05) is 7.05 Å². The molecule has 3 aromatic rings. The van der Waals surface area contributed by atoms with Crippen molar-refractivity contribution in [3.63, 3.8) is 0 Å². The Morgan fingerprint density at radius 1 is 1.19 bits per heavy atom. The zero-order chi connectivity index (χ0) is 15.0. The molecule has 0 atom stereocenters. The van der Waals surface area contributed by atoms with E-state index in [2.05, 4.69) is 54.0 Å². The van der Waals surface area contributed by atoms with Gasteiger partial charge in [0.15, 0.2) is 0 Å². The summed E-state index contributed by atoms with van der Waals surface area (Å²) in [7, 11) is 2.08. The predicted octanol–water partition coefficient (Wildman–Crippen LogP) is 3.71. The summed E-state index contributed by atoms with van der Waals surface area (Å²) in [6, 6.07) is 6.33. The summed E-state index contributed by atoms with van der Waals surface area (Å²) in [5.74, 6) is 2.01. The molecule has 2 aromatic heterocycles. The molecule has 0 radical (unpaired) electrons. The van der Waals surface area contributed by atoms with E-state index in [-0.39, 0.29) is 0 Å². The number of aryl methyl sites for hydroxylation is 3. The molecule has 3 rings (SSSR count). The largest absolute Gasteiger partial charge is 0.459 e. The maximum atomic E-state index is 6.00. The van der Waals surface area contributed by atoms with E-state index in [9.17, 15) is 0 Å². The first-order valence-electron chi connectivity index (χ1n) is 7.20. The van der Waals surface area contributed by atoms with Crippen LogP contribution in [0.2, 0.25) is 0 Å². The molecule has 0 fully saturated rings. The Bertz CT molecular complexity index is 770. The van der Waals surface area contributed by atoms with Gasteiger partial charge in [0.05, 0.1) is 13.1 Å². The third-order valence-corrected chi connectivity index (χ3v) is 3.78. The van der Waals surface area contributed by atoms with Crippen LogP contribution in [0.5, 0.6) is 0 Å². The Balaban J connectivity index is 1.79. The zero-order valence-corrected chi connectivity index (χ0v) is 13.0. The number of aromatic amines is 1. The molecule has 1 N–H and O–H groups in total. The number of furan rings is 1. The first kappa shape index (κ1) is 13.9. The molecule has 0 aliphatic rings. The van der Waals surface area contributed by atoms with Gasteiger partial charge in [-0.25, -0.2) is 4.98 Å². The number of aromatic nitrogens is 2. The highest BCUT2D eigenvalue weighted by molar-refractivity contribution is 5.82. The van der Waals surface area contributed by atoms with Crippen LogP contribution in [0.25, 0.3) is 11.0 Å². The molecule has 0 aliphatic carbocycles. The SMILES string of the molecule is Cc1ccc2oc(CN(C)Cc3ncc(C)[nH]3)c(C)c2c1. The summed E-state index contributed by atoms with van der Waals surface area (Å²) in [6.07, 6.45) is 1.86. The van der Waals surface area contributed by atoms with Crippen molar-refractivity contribution in [2.24, 2.45) is 0 Å². The molecule has 0 unspecified atom stereocenters. The van der Waals surface area contributed by atoms with Crippen molar-refractivity contribution in [3.8, 4) is 0 Å². The number of fused-ring (bicyclic) bond motifs is 1. The van der Waals surface area contributed by atoms with Crippen molar-refractivity contribution in [1.29, 1.82) is 0 Å². The topological polar surface area (TPSA) is 45.1 Å². The number of H-pyrrole nitrogens is 1. The van der Waals surface area contributed by atoms with E-state index in [1.165, 1.54) is 16.5 Å². The second-order valence-electron chi connectivity index (χ2n) is 5.84. The van der Waals surface area contributed by atoms with E-state index < -0.39 is 0 Å². The van der Waals surface area contributed by atoms with Crippen LogP contribution in [0.1, 0.15) is 28.4 Å². The number of hydrogen-bond acceptors (Lipinski definition) is 3. The van der Waals surface area contributed by atoms with Crippen LogP contribution in [-0.2, 0) is 13.1 Å². The second kappa shape index (κ2) is 5.37. The molecule has 0 spiro atoms. The number of nitrogens with zero attached hydrogens (tertiary/aromatic N) is 2. The highest BCUT2D eigenvalue weighted by Crippen LogP contribution is 2.27. The van der Waals surface area contributed by atoms with Gasteiger partial charge in [-0.1, -0.05) is 11.6 Å². The monoisotopic (exact) mass is 283 g/mol. The van der Waals surface area contributed by atoms with E-state index in [0.717, 1.165) is 36.0 Å². The average Bonchev–Trinajstić information content (AvgIpc) is 2.96. The summed E-state index contributed by atoms with van der Waals surface area (Å²) < 4.78 is 6.00. The third-order valence-electron chi connectivity index (χ3n) is 3.78. The fraction of sp³-hybridized carbons (Fsp3) is 0.353. The second-order valence-corrected chi connectivity index (χ2v) is 5.84. The van der Waals surface area contributed by atoms with Gasteiger partial charge in [0.1, 0.15) is 17.2 Å². The number of rotatable bonds is 4. The van der Waals surface area contributed by atoms with Crippen molar-refractivity contribution in [3.05, 3.63) is 52.8 Å². The van der Waals surface area contributed by atoms with Crippen LogP contribution < -0.4 is 0 Å². The van der Waals surface area contributed by atoms with Gasteiger partial charge in [0.25, 0.3) is 0 Å². The van der Waals surface area contributed by atoms with E-state index in [1.54, 1.807) is 0 Å². The molecule has 0 saturated carbocycles. The normalized spacial score (nSPS) is 11.7. The standard InChI is InChI=1S/C17H21N3O/c1-11-5-6-15-14(7-11)13(3)16(21-15)9-20(4)10-17-18-8-12(2)19-17/h5-8H,9-10H2,1-4H3,(H,18,19). The predicted molar refractivity (Wildman–Crippen MR) is 84.2 cm³/mol. The maximum absolute atomic E-state index is 6.00. The van der Waals surface area contributed by atoms with E-state index in [0.29, 0.717) is 0 Å². The number of benzene rings is 1. The van der Waals surface area contributed by atoms with Crippen molar-refractivity contribution >= 4 is 11.0 Å². The van der Waals surface area contributed by atoms with Gasteiger partial charge in [-0.2, -0.15) is 0 Å². The molecule has 0 bridgehead atoms. The summed E-state index contributed by atoms with van der Waals surface area (Å²) in [5, 5.41) is 1.22. The Morgan fingerprint density at radius 2 is 2.00 bits per heavy atom. The molecule has 4 nitrogen and oxygen atoms in total. The van der Waals surface area contributed by atoms with Gasteiger partial charge in [-0.05, 0) is 45.5 Å². The number of nitrogens with one attached hydrogen (secondary N) is 1. The van der Waals surface area contributed by atoms with E-state index in [1.807, 2.05) is 13.1 Å². The van der Waals surface area contributed by atoms with Gasteiger partial charge in [-0.15, -0.1) is 0 Å². The zero-order valence-electron chi connectivity index (χ0n) is 13.0. The van der Waals surface area contributed by atoms with Gasteiger partial charge < -0.3 is 9.40 Å². The highest BCUT2D eigenvalue weighted by atomic mass is 16.3.